The zero-order valence-corrected chi connectivity index (χ0v) is 13.5. The fraction of sp³-hybridized carbons (Fsp3) is 0.316. The van der Waals surface area contributed by atoms with Gasteiger partial charge in [0, 0.05) is 5.56 Å². The number of carbonyl (C=O) groups is 1. The number of carbonyl (C=O) groups excluding carboxylic acids is 1. The van der Waals surface area contributed by atoms with Gasteiger partial charge in [0.2, 0.25) is 0 Å². The van der Waals surface area contributed by atoms with Gasteiger partial charge in [0.05, 0.1) is 19.3 Å². The highest BCUT2D eigenvalue weighted by Gasteiger charge is 2.47. The highest BCUT2D eigenvalue weighted by atomic mass is 16.6. The molecular weight excluding hydrogens is 322 g/mol. The molecule has 2 aromatic rings. The second kappa shape index (κ2) is 6.48. The molecule has 0 radical (unpaired) electrons. The molecule has 2 fully saturated rings. The number of phenolic OH excluding ortho intramolecular Hbond substituents is 1. The first-order chi connectivity index (χ1) is 12.1. The summed E-state index contributed by atoms with van der Waals surface area (Å²) in [5.74, 6) is -0.00736. The van der Waals surface area contributed by atoms with Gasteiger partial charge in [-0.2, -0.15) is 0 Å². The number of hydrogen-bond acceptors (Lipinski definition) is 5. The van der Waals surface area contributed by atoms with E-state index in [0.29, 0.717) is 12.2 Å². The number of hydrogen-bond donors (Lipinski definition) is 3. The van der Waals surface area contributed by atoms with E-state index in [1.165, 1.54) is 0 Å². The summed E-state index contributed by atoms with van der Waals surface area (Å²) in [6.45, 7) is 0.563. The standard InChI is InChI=1S/C19H19NO5/c21-14-6-4-11(5-7-14)12-2-1-3-13(8-12)19(23)20-15-9-24-18-16(22)10-25-17(15)18/h1-8,15-18,21-22H,9-10H2,(H,20,23)/t15-,16-,17-,18-/m1/s1. The van der Waals surface area contributed by atoms with Crippen LogP contribution in [0.5, 0.6) is 5.75 Å². The number of aliphatic hydroxyl groups excluding tert-OH is 1. The quantitative estimate of drug-likeness (QED) is 0.784. The SMILES string of the molecule is O=C(N[C@@H]1CO[C@H]2[C@@H]1OC[C@H]2O)c1cccc(-c2ccc(O)cc2)c1. The van der Waals surface area contributed by atoms with Crippen molar-refractivity contribution in [1.29, 1.82) is 0 Å². The molecule has 0 aliphatic carbocycles. The van der Waals surface area contributed by atoms with E-state index in [0.717, 1.165) is 11.1 Å². The maximum Gasteiger partial charge on any atom is 0.251 e. The van der Waals surface area contributed by atoms with Gasteiger partial charge < -0.3 is 25.0 Å². The van der Waals surface area contributed by atoms with Gasteiger partial charge in [-0.05, 0) is 35.4 Å². The molecule has 2 aliphatic heterocycles. The molecule has 2 saturated heterocycles. The van der Waals surface area contributed by atoms with Crippen molar-refractivity contribution in [2.24, 2.45) is 0 Å². The summed E-state index contributed by atoms with van der Waals surface area (Å²) in [5.41, 5.74) is 2.34. The van der Waals surface area contributed by atoms with Gasteiger partial charge in [0.25, 0.3) is 5.91 Å². The number of benzene rings is 2. The third kappa shape index (κ3) is 3.11. The first-order valence-corrected chi connectivity index (χ1v) is 8.23. The van der Waals surface area contributed by atoms with Crippen LogP contribution in [0.1, 0.15) is 10.4 Å². The Morgan fingerprint density at radius 1 is 1.00 bits per heavy atom. The number of rotatable bonds is 3. The number of nitrogens with one attached hydrogen (secondary N) is 1. The summed E-state index contributed by atoms with van der Waals surface area (Å²) in [4.78, 5) is 12.6. The van der Waals surface area contributed by atoms with E-state index in [9.17, 15) is 15.0 Å². The van der Waals surface area contributed by atoms with Gasteiger partial charge in [0.1, 0.15) is 24.1 Å². The van der Waals surface area contributed by atoms with Crippen molar-refractivity contribution in [3.05, 3.63) is 54.1 Å². The first kappa shape index (κ1) is 16.1. The van der Waals surface area contributed by atoms with Gasteiger partial charge in [-0.1, -0.05) is 24.3 Å². The minimum atomic E-state index is -0.635. The predicted octanol–water partition coefficient (Wildman–Crippen LogP) is 1.32. The Balaban J connectivity index is 1.49. The monoisotopic (exact) mass is 341 g/mol. The number of phenols is 1. The van der Waals surface area contributed by atoms with Crippen molar-refractivity contribution in [2.75, 3.05) is 13.2 Å². The fourth-order valence-electron chi connectivity index (χ4n) is 3.35. The number of fused-ring (bicyclic) bond motifs is 1. The van der Waals surface area contributed by atoms with Crippen LogP contribution in [-0.4, -0.2) is 53.7 Å². The van der Waals surface area contributed by atoms with Gasteiger partial charge in [-0.15, -0.1) is 0 Å². The van der Waals surface area contributed by atoms with Crippen molar-refractivity contribution < 1.29 is 24.5 Å². The fourth-order valence-corrected chi connectivity index (χ4v) is 3.35. The molecule has 1 amide bonds. The lowest BCUT2D eigenvalue weighted by atomic mass is 10.0. The van der Waals surface area contributed by atoms with Crippen LogP contribution in [0.3, 0.4) is 0 Å². The zero-order valence-electron chi connectivity index (χ0n) is 13.5. The Kier molecular flexibility index (Phi) is 4.17. The Morgan fingerprint density at radius 3 is 2.56 bits per heavy atom. The highest BCUT2D eigenvalue weighted by Crippen LogP contribution is 2.27. The summed E-state index contributed by atoms with van der Waals surface area (Å²) in [7, 11) is 0. The summed E-state index contributed by atoms with van der Waals surface area (Å²) in [5, 5.41) is 22.1. The van der Waals surface area contributed by atoms with E-state index < -0.39 is 6.10 Å². The van der Waals surface area contributed by atoms with E-state index in [2.05, 4.69) is 5.32 Å². The van der Waals surface area contributed by atoms with Gasteiger partial charge in [-0.25, -0.2) is 0 Å². The third-order valence-corrected chi connectivity index (χ3v) is 4.67. The Morgan fingerprint density at radius 2 is 1.76 bits per heavy atom. The molecule has 130 valence electrons. The van der Waals surface area contributed by atoms with Crippen LogP contribution >= 0.6 is 0 Å². The summed E-state index contributed by atoms with van der Waals surface area (Å²) < 4.78 is 11.1. The lowest BCUT2D eigenvalue weighted by molar-refractivity contribution is 0.0178. The average Bonchev–Trinajstić information content (AvgIpc) is 3.19. The molecule has 2 heterocycles. The molecule has 2 aromatic carbocycles. The third-order valence-electron chi connectivity index (χ3n) is 4.67. The van der Waals surface area contributed by atoms with Gasteiger partial charge >= 0.3 is 0 Å². The predicted molar refractivity (Wildman–Crippen MR) is 90.3 cm³/mol. The maximum atomic E-state index is 12.6. The molecule has 0 unspecified atom stereocenters. The smallest absolute Gasteiger partial charge is 0.251 e. The van der Waals surface area contributed by atoms with Gasteiger partial charge in [-0.3, -0.25) is 4.79 Å². The minimum absolute atomic E-state index is 0.201. The zero-order chi connectivity index (χ0) is 17.4. The van der Waals surface area contributed by atoms with Crippen molar-refractivity contribution in [3.8, 4) is 16.9 Å². The van der Waals surface area contributed by atoms with Crippen LogP contribution in [0.15, 0.2) is 48.5 Å². The van der Waals surface area contributed by atoms with Crippen molar-refractivity contribution >= 4 is 5.91 Å². The Labute approximate surface area is 145 Å². The number of aliphatic hydroxyl groups is 1. The minimum Gasteiger partial charge on any atom is -0.508 e. The Hall–Kier alpha value is -2.41. The molecule has 2 aliphatic rings. The molecule has 4 atom stereocenters. The van der Waals surface area contributed by atoms with E-state index in [1.807, 2.05) is 12.1 Å². The summed E-state index contributed by atoms with van der Waals surface area (Å²) in [6, 6.07) is 13.8. The molecule has 3 N–H and O–H groups in total. The number of ether oxygens (including phenoxy) is 2. The van der Waals surface area contributed by atoms with E-state index in [1.54, 1.807) is 36.4 Å². The summed E-state index contributed by atoms with van der Waals surface area (Å²) in [6.07, 6.45) is -1.31. The topological polar surface area (TPSA) is 88.0 Å². The van der Waals surface area contributed by atoms with Crippen molar-refractivity contribution in [2.45, 2.75) is 24.4 Å². The molecule has 6 nitrogen and oxygen atoms in total. The van der Waals surface area contributed by atoms with Crippen LogP contribution in [0, 0.1) is 0 Å². The molecule has 0 spiro atoms. The number of amides is 1. The largest absolute Gasteiger partial charge is 0.508 e. The van der Waals surface area contributed by atoms with E-state index in [4.69, 9.17) is 9.47 Å². The summed E-state index contributed by atoms with van der Waals surface area (Å²) >= 11 is 0. The molecule has 0 aromatic heterocycles. The van der Waals surface area contributed by atoms with Crippen LogP contribution in [-0.2, 0) is 9.47 Å². The molecular formula is C19H19NO5. The molecule has 25 heavy (non-hydrogen) atoms. The van der Waals surface area contributed by atoms with Gasteiger partial charge in [0.15, 0.2) is 0 Å². The number of aromatic hydroxyl groups is 1. The average molecular weight is 341 g/mol. The van der Waals surface area contributed by atoms with Crippen molar-refractivity contribution in [1.82, 2.24) is 5.32 Å². The molecule has 0 saturated carbocycles. The lowest BCUT2D eigenvalue weighted by Crippen LogP contribution is -2.44. The van der Waals surface area contributed by atoms with Crippen molar-refractivity contribution in [3.63, 3.8) is 0 Å². The Bertz CT molecular complexity index is 776. The van der Waals surface area contributed by atoms with E-state index in [-0.39, 0.29) is 36.5 Å². The second-order valence-corrected chi connectivity index (χ2v) is 6.37. The highest BCUT2D eigenvalue weighted by molar-refractivity contribution is 5.95. The van der Waals surface area contributed by atoms with Crippen LogP contribution in [0.4, 0.5) is 0 Å². The van der Waals surface area contributed by atoms with Crippen LogP contribution in [0.2, 0.25) is 0 Å². The second-order valence-electron chi connectivity index (χ2n) is 6.37. The maximum absolute atomic E-state index is 12.6. The first-order valence-electron chi connectivity index (χ1n) is 8.23. The van der Waals surface area contributed by atoms with E-state index >= 15 is 0 Å². The van der Waals surface area contributed by atoms with Crippen LogP contribution in [0.25, 0.3) is 11.1 Å². The molecule has 4 rings (SSSR count). The molecule has 6 heteroatoms. The van der Waals surface area contributed by atoms with Crippen LogP contribution < -0.4 is 5.32 Å². The lowest BCUT2D eigenvalue weighted by Gasteiger charge is -2.17. The molecule has 0 bridgehead atoms. The normalized spacial score (nSPS) is 27.9.